The maximum Gasteiger partial charge on any atom is 0.310 e. The van der Waals surface area contributed by atoms with Crippen molar-refractivity contribution in [3.05, 3.63) is 58.4 Å². The third-order valence-corrected chi connectivity index (χ3v) is 4.41. The number of aromatic nitrogens is 1. The summed E-state index contributed by atoms with van der Waals surface area (Å²) in [6.45, 7) is 0.688. The Hall–Kier alpha value is -2.40. The lowest BCUT2D eigenvalue weighted by atomic mass is 10.1. The van der Waals surface area contributed by atoms with Crippen molar-refractivity contribution in [1.29, 1.82) is 0 Å². The van der Waals surface area contributed by atoms with E-state index in [1.54, 1.807) is 11.3 Å². The summed E-state index contributed by atoms with van der Waals surface area (Å²) in [6, 6.07) is 12.1. The van der Waals surface area contributed by atoms with Gasteiger partial charge in [-0.25, -0.2) is 0 Å². The second kappa shape index (κ2) is 6.58. The van der Waals surface area contributed by atoms with Gasteiger partial charge in [-0.2, -0.15) is 0 Å². The first-order chi connectivity index (χ1) is 10.8. The molecule has 3 aromatic rings. The molecule has 0 bridgehead atoms. The molecule has 112 valence electrons. The Morgan fingerprint density at radius 3 is 3.00 bits per heavy atom. The molecule has 3 rings (SSSR count). The summed E-state index contributed by atoms with van der Waals surface area (Å²) in [5.41, 5.74) is 3.15. The standard InChI is InChI=1S/C17H16N2O2S/c1-21-17(20)10-16-15(7-9-22-16)19-11-12-6-8-18-14-5-3-2-4-13(12)14/h2-9,19H,10-11H2,1H3. The van der Waals surface area contributed by atoms with Gasteiger partial charge in [-0.05, 0) is 29.1 Å². The van der Waals surface area contributed by atoms with E-state index < -0.39 is 0 Å². The first-order valence-corrected chi connectivity index (χ1v) is 7.85. The number of anilines is 1. The van der Waals surface area contributed by atoms with E-state index in [0.29, 0.717) is 13.0 Å². The Balaban J connectivity index is 1.77. The maximum absolute atomic E-state index is 11.4. The second-order valence-corrected chi connectivity index (χ2v) is 5.85. The minimum Gasteiger partial charge on any atom is -0.469 e. The largest absolute Gasteiger partial charge is 0.469 e. The molecule has 0 saturated heterocycles. The van der Waals surface area contributed by atoms with Crippen LogP contribution >= 0.6 is 11.3 Å². The van der Waals surface area contributed by atoms with E-state index in [4.69, 9.17) is 4.74 Å². The number of fused-ring (bicyclic) bond motifs is 1. The number of hydrogen-bond donors (Lipinski definition) is 1. The van der Waals surface area contributed by atoms with Gasteiger partial charge in [0.05, 0.1) is 19.0 Å². The normalized spacial score (nSPS) is 10.6. The van der Waals surface area contributed by atoms with Crippen LogP contribution in [0.4, 0.5) is 5.69 Å². The highest BCUT2D eigenvalue weighted by Crippen LogP contribution is 2.25. The fourth-order valence-electron chi connectivity index (χ4n) is 2.34. The highest BCUT2D eigenvalue weighted by atomic mass is 32.1. The zero-order chi connectivity index (χ0) is 15.4. The van der Waals surface area contributed by atoms with E-state index in [-0.39, 0.29) is 5.97 Å². The number of methoxy groups -OCH3 is 1. The van der Waals surface area contributed by atoms with E-state index in [1.165, 1.54) is 12.7 Å². The molecule has 0 amide bonds. The average molecular weight is 312 g/mol. The molecule has 0 atom stereocenters. The van der Waals surface area contributed by atoms with Crippen LogP contribution in [0, 0.1) is 0 Å². The number of rotatable bonds is 5. The van der Waals surface area contributed by atoms with Crippen molar-refractivity contribution in [2.45, 2.75) is 13.0 Å². The summed E-state index contributed by atoms with van der Waals surface area (Å²) < 4.78 is 4.73. The molecule has 0 aliphatic carbocycles. The molecule has 0 unspecified atom stereocenters. The number of carbonyl (C=O) groups excluding carboxylic acids is 1. The number of benzene rings is 1. The summed E-state index contributed by atoms with van der Waals surface area (Å²) in [7, 11) is 1.41. The van der Waals surface area contributed by atoms with Crippen molar-refractivity contribution < 1.29 is 9.53 Å². The van der Waals surface area contributed by atoms with Crippen LogP contribution in [-0.2, 0) is 22.5 Å². The molecule has 0 aliphatic heterocycles. The average Bonchev–Trinajstić information content (AvgIpc) is 2.99. The number of para-hydroxylation sites is 1. The molecule has 1 aromatic carbocycles. The van der Waals surface area contributed by atoms with E-state index in [1.807, 2.05) is 41.9 Å². The molecule has 0 saturated carbocycles. The van der Waals surface area contributed by atoms with Crippen LogP contribution in [0.3, 0.4) is 0 Å². The molecule has 0 fully saturated rings. The van der Waals surface area contributed by atoms with Gasteiger partial charge in [0.2, 0.25) is 0 Å². The zero-order valence-corrected chi connectivity index (χ0v) is 13.0. The van der Waals surface area contributed by atoms with Gasteiger partial charge in [0.1, 0.15) is 0 Å². The molecule has 0 radical (unpaired) electrons. The Morgan fingerprint density at radius 2 is 2.14 bits per heavy atom. The van der Waals surface area contributed by atoms with Gasteiger partial charge in [-0.1, -0.05) is 18.2 Å². The lowest BCUT2D eigenvalue weighted by Crippen LogP contribution is -2.06. The predicted molar refractivity (Wildman–Crippen MR) is 89.1 cm³/mol. The fraction of sp³-hybridized carbons (Fsp3) is 0.176. The van der Waals surface area contributed by atoms with Crippen LogP contribution in [0.5, 0.6) is 0 Å². The number of ether oxygens (including phenoxy) is 1. The molecule has 0 aliphatic rings. The van der Waals surface area contributed by atoms with Crippen molar-refractivity contribution in [2.24, 2.45) is 0 Å². The van der Waals surface area contributed by atoms with Gasteiger partial charge in [-0.3, -0.25) is 9.78 Å². The highest BCUT2D eigenvalue weighted by molar-refractivity contribution is 7.10. The Kier molecular flexibility index (Phi) is 4.34. The number of nitrogens with one attached hydrogen (secondary N) is 1. The number of carbonyl (C=O) groups is 1. The van der Waals surface area contributed by atoms with Crippen LogP contribution in [-0.4, -0.2) is 18.1 Å². The van der Waals surface area contributed by atoms with Crippen LogP contribution in [0.25, 0.3) is 10.9 Å². The molecule has 5 heteroatoms. The summed E-state index contributed by atoms with van der Waals surface area (Å²) >= 11 is 1.56. The topological polar surface area (TPSA) is 51.2 Å². The number of pyridine rings is 1. The molecule has 4 nitrogen and oxygen atoms in total. The monoisotopic (exact) mass is 312 g/mol. The summed E-state index contributed by atoms with van der Waals surface area (Å²) in [5, 5.41) is 6.52. The first-order valence-electron chi connectivity index (χ1n) is 6.97. The highest BCUT2D eigenvalue weighted by Gasteiger charge is 2.10. The Morgan fingerprint density at radius 1 is 1.27 bits per heavy atom. The smallest absolute Gasteiger partial charge is 0.310 e. The molecular weight excluding hydrogens is 296 g/mol. The van der Waals surface area contributed by atoms with Gasteiger partial charge >= 0.3 is 5.97 Å². The quantitative estimate of drug-likeness (QED) is 0.731. The molecule has 2 aromatic heterocycles. The van der Waals surface area contributed by atoms with Crippen molar-refractivity contribution in [1.82, 2.24) is 4.98 Å². The third kappa shape index (κ3) is 3.09. The molecule has 22 heavy (non-hydrogen) atoms. The number of thiophene rings is 1. The van der Waals surface area contributed by atoms with Crippen LogP contribution in [0.1, 0.15) is 10.4 Å². The Bertz CT molecular complexity index is 793. The van der Waals surface area contributed by atoms with Crippen molar-refractivity contribution in [3.8, 4) is 0 Å². The minimum absolute atomic E-state index is 0.222. The predicted octanol–water partition coefficient (Wildman–Crippen LogP) is 3.62. The SMILES string of the molecule is COC(=O)Cc1sccc1NCc1ccnc2ccccc12. The summed E-state index contributed by atoms with van der Waals surface area (Å²) in [4.78, 5) is 16.8. The summed E-state index contributed by atoms with van der Waals surface area (Å²) in [6.07, 6.45) is 2.12. The van der Waals surface area contributed by atoms with Crippen LogP contribution in [0.2, 0.25) is 0 Å². The summed E-state index contributed by atoms with van der Waals surface area (Å²) in [5.74, 6) is -0.222. The number of nitrogens with zero attached hydrogens (tertiary/aromatic N) is 1. The van der Waals surface area contributed by atoms with Crippen LogP contribution < -0.4 is 5.32 Å². The lowest BCUT2D eigenvalue weighted by molar-refractivity contribution is -0.139. The lowest BCUT2D eigenvalue weighted by Gasteiger charge is -2.09. The second-order valence-electron chi connectivity index (χ2n) is 4.85. The third-order valence-electron chi connectivity index (χ3n) is 3.49. The van der Waals surface area contributed by atoms with Crippen molar-refractivity contribution >= 4 is 33.9 Å². The van der Waals surface area contributed by atoms with E-state index in [9.17, 15) is 4.79 Å². The first kappa shape index (κ1) is 14.5. The molecular formula is C17H16N2O2S. The van der Waals surface area contributed by atoms with Crippen molar-refractivity contribution in [3.63, 3.8) is 0 Å². The Labute approximate surface area is 132 Å². The molecule has 0 spiro atoms. The van der Waals surface area contributed by atoms with Gasteiger partial charge in [-0.15, -0.1) is 11.3 Å². The molecule has 2 heterocycles. The van der Waals surface area contributed by atoms with Gasteiger partial charge in [0.15, 0.2) is 0 Å². The van der Waals surface area contributed by atoms with Crippen LogP contribution in [0.15, 0.2) is 48.0 Å². The van der Waals surface area contributed by atoms with Gasteiger partial charge < -0.3 is 10.1 Å². The van der Waals surface area contributed by atoms with E-state index in [0.717, 1.165) is 21.5 Å². The maximum atomic E-state index is 11.4. The van der Waals surface area contributed by atoms with Crippen molar-refractivity contribution in [2.75, 3.05) is 12.4 Å². The fourth-order valence-corrected chi connectivity index (χ4v) is 3.17. The van der Waals surface area contributed by atoms with Gasteiger partial charge in [0.25, 0.3) is 0 Å². The number of esters is 1. The van der Waals surface area contributed by atoms with E-state index in [2.05, 4.69) is 16.4 Å². The van der Waals surface area contributed by atoms with E-state index >= 15 is 0 Å². The minimum atomic E-state index is -0.222. The van der Waals surface area contributed by atoms with Gasteiger partial charge in [0, 0.05) is 28.7 Å². The molecule has 1 N–H and O–H groups in total. The number of hydrogen-bond acceptors (Lipinski definition) is 5. The zero-order valence-electron chi connectivity index (χ0n) is 12.2.